The van der Waals surface area contributed by atoms with Crippen molar-refractivity contribution in [1.82, 2.24) is 0 Å². The molecule has 0 bridgehead atoms. The molecular weight excluding hydrogens is 252 g/mol. The van der Waals surface area contributed by atoms with E-state index in [-0.39, 0.29) is 6.04 Å². The maximum absolute atomic E-state index is 11.4. The second-order valence-corrected chi connectivity index (χ2v) is 4.54. The van der Waals surface area contributed by atoms with Crippen LogP contribution in [0.25, 0.3) is 0 Å². The van der Waals surface area contributed by atoms with E-state index in [9.17, 15) is 4.79 Å². The van der Waals surface area contributed by atoms with Gasteiger partial charge in [0, 0.05) is 5.69 Å². The average molecular weight is 270 g/mol. The summed E-state index contributed by atoms with van der Waals surface area (Å²) in [5.41, 5.74) is 9.93. The number of carbonyl (C=O) groups excluding carboxylic acids is 1. The second-order valence-electron chi connectivity index (χ2n) is 4.54. The Kier molecular flexibility index (Phi) is 4.38. The number of benzene rings is 2. The number of hydrogen-bond donors (Lipinski definition) is 2. The molecule has 0 aliphatic rings. The van der Waals surface area contributed by atoms with E-state index in [2.05, 4.69) is 10.1 Å². The van der Waals surface area contributed by atoms with Crippen molar-refractivity contribution in [2.75, 3.05) is 12.4 Å². The fourth-order valence-corrected chi connectivity index (χ4v) is 2.19. The van der Waals surface area contributed by atoms with Crippen molar-refractivity contribution in [3.63, 3.8) is 0 Å². The minimum Gasteiger partial charge on any atom is -0.453 e. The van der Waals surface area contributed by atoms with Crippen LogP contribution in [-0.4, -0.2) is 13.2 Å². The molecule has 0 spiro atoms. The van der Waals surface area contributed by atoms with Gasteiger partial charge in [-0.2, -0.15) is 0 Å². The quantitative estimate of drug-likeness (QED) is 0.900. The van der Waals surface area contributed by atoms with Crippen LogP contribution in [-0.2, 0) is 4.74 Å². The number of ether oxygens (including phenoxy) is 1. The van der Waals surface area contributed by atoms with E-state index < -0.39 is 6.09 Å². The summed E-state index contributed by atoms with van der Waals surface area (Å²) >= 11 is 0. The number of methoxy groups -OCH3 is 1. The summed E-state index contributed by atoms with van der Waals surface area (Å²) in [6.07, 6.45) is -0.503. The van der Waals surface area contributed by atoms with Crippen molar-refractivity contribution in [3.8, 4) is 0 Å². The van der Waals surface area contributed by atoms with E-state index >= 15 is 0 Å². The maximum atomic E-state index is 11.4. The van der Waals surface area contributed by atoms with Crippen LogP contribution in [0.15, 0.2) is 48.5 Å². The molecule has 0 aromatic heterocycles. The molecule has 20 heavy (non-hydrogen) atoms. The predicted molar refractivity (Wildman–Crippen MR) is 79.7 cm³/mol. The average Bonchev–Trinajstić information content (AvgIpc) is 2.47. The first kappa shape index (κ1) is 14.1. The molecule has 0 aliphatic carbocycles. The molecule has 3 N–H and O–H groups in total. The topological polar surface area (TPSA) is 64.3 Å². The Hall–Kier alpha value is -2.33. The molecule has 2 aromatic carbocycles. The van der Waals surface area contributed by atoms with E-state index in [4.69, 9.17) is 5.73 Å². The van der Waals surface area contributed by atoms with Crippen LogP contribution in [0.2, 0.25) is 0 Å². The highest BCUT2D eigenvalue weighted by Gasteiger charge is 2.17. The largest absolute Gasteiger partial charge is 0.453 e. The van der Waals surface area contributed by atoms with Crippen molar-refractivity contribution in [3.05, 3.63) is 65.2 Å². The first-order valence-electron chi connectivity index (χ1n) is 6.38. The fourth-order valence-electron chi connectivity index (χ4n) is 2.19. The normalized spacial score (nSPS) is 11.8. The summed E-state index contributed by atoms with van der Waals surface area (Å²) in [6.45, 7) is 1.97. The third kappa shape index (κ3) is 2.97. The predicted octanol–water partition coefficient (Wildman–Crippen LogP) is 3.22. The molecule has 1 unspecified atom stereocenters. The summed E-state index contributed by atoms with van der Waals surface area (Å²) in [7, 11) is 1.34. The number of nitrogens with one attached hydrogen (secondary N) is 1. The van der Waals surface area contributed by atoms with Gasteiger partial charge in [-0.05, 0) is 29.7 Å². The highest BCUT2D eigenvalue weighted by molar-refractivity contribution is 5.86. The molecule has 0 aliphatic heterocycles. The van der Waals surface area contributed by atoms with Gasteiger partial charge in [0.25, 0.3) is 0 Å². The summed E-state index contributed by atoms with van der Waals surface area (Å²) in [5.74, 6) is 0. The van der Waals surface area contributed by atoms with E-state index in [0.29, 0.717) is 5.69 Å². The first-order valence-corrected chi connectivity index (χ1v) is 6.38. The van der Waals surface area contributed by atoms with Crippen LogP contribution in [0.1, 0.15) is 22.7 Å². The van der Waals surface area contributed by atoms with Gasteiger partial charge in [0.15, 0.2) is 0 Å². The highest BCUT2D eigenvalue weighted by atomic mass is 16.5. The van der Waals surface area contributed by atoms with Gasteiger partial charge in [-0.15, -0.1) is 0 Å². The maximum Gasteiger partial charge on any atom is 0.411 e. The van der Waals surface area contributed by atoms with Crippen molar-refractivity contribution in [1.29, 1.82) is 0 Å². The van der Waals surface area contributed by atoms with Gasteiger partial charge in [-0.3, -0.25) is 5.32 Å². The number of rotatable bonds is 3. The Balaban J connectivity index is 2.42. The molecule has 104 valence electrons. The van der Waals surface area contributed by atoms with E-state index in [1.165, 1.54) is 7.11 Å². The summed E-state index contributed by atoms with van der Waals surface area (Å²) in [6, 6.07) is 15.1. The minimum absolute atomic E-state index is 0.301. The molecule has 2 rings (SSSR count). The zero-order valence-corrected chi connectivity index (χ0v) is 11.6. The lowest BCUT2D eigenvalue weighted by Crippen LogP contribution is -2.19. The summed E-state index contributed by atoms with van der Waals surface area (Å²) < 4.78 is 4.64. The second kappa shape index (κ2) is 6.21. The van der Waals surface area contributed by atoms with Crippen LogP contribution in [0.3, 0.4) is 0 Å². The zero-order valence-electron chi connectivity index (χ0n) is 11.6. The number of nitrogens with two attached hydrogens (primary N) is 1. The van der Waals surface area contributed by atoms with Crippen LogP contribution in [0, 0.1) is 6.92 Å². The van der Waals surface area contributed by atoms with E-state index in [1.807, 2.05) is 55.5 Å². The number of aryl methyl sites for hydroxylation is 1. The standard InChI is InChI=1S/C16H18N2O2/c1-11-7-6-10-13(18-16(19)20-2)14(11)15(17)12-8-4-3-5-9-12/h3-10,15H,17H2,1-2H3,(H,18,19). The van der Waals surface area contributed by atoms with Crippen molar-refractivity contribution >= 4 is 11.8 Å². The Morgan fingerprint density at radius 1 is 1.15 bits per heavy atom. The van der Waals surface area contributed by atoms with Crippen LogP contribution in [0.4, 0.5) is 10.5 Å². The molecule has 2 aromatic rings. The lowest BCUT2D eigenvalue weighted by Gasteiger charge is -2.19. The van der Waals surface area contributed by atoms with Gasteiger partial charge in [0.1, 0.15) is 0 Å². The molecule has 0 saturated heterocycles. The lowest BCUT2D eigenvalue weighted by atomic mass is 9.94. The molecule has 0 radical (unpaired) electrons. The molecule has 1 atom stereocenters. The number of carbonyl (C=O) groups is 1. The number of amides is 1. The molecule has 0 fully saturated rings. The Morgan fingerprint density at radius 3 is 2.50 bits per heavy atom. The molecule has 0 heterocycles. The van der Waals surface area contributed by atoms with Crippen molar-refractivity contribution in [2.24, 2.45) is 5.73 Å². The fraction of sp³-hybridized carbons (Fsp3) is 0.188. The van der Waals surface area contributed by atoms with Crippen LogP contribution in [0.5, 0.6) is 0 Å². The molecule has 4 heteroatoms. The molecular formula is C16H18N2O2. The smallest absolute Gasteiger partial charge is 0.411 e. The Bertz CT molecular complexity index is 597. The van der Waals surface area contributed by atoms with Gasteiger partial charge in [0.05, 0.1) is 13.2 Å². The van der Waals surface area contributed by atoms with Crippen LogP contribution < -0.4 is 11.1 Å². The third-order valence-electron chi connectivity index (χ3n) is 3.22. The first-order chi connectivity index (χ1) is 9.63. The van der Waals surface area contributed by atoms with Gasteiger partial charge in [-0.1, -0.05) is 42.5 Å². The van der Waals surface area contributed by atoms with Gasteiger partial charge in [0.2, 0.25) is 0 Å². The van der Waals surface area contributed by atoms with Crippen molar-refractivity contribution in [2.45, 2.75) is 13.0 Å². The van der Waals surface area contributed by atoms with E-state index in [1.54, 1.807) is 0 Å². The zero-order chi connectivity index (χ0) is 14.5. The Labute approximate surface area is 118 Å². The van der Waals surface area contributed by atoms with Gasteiger partial charge >= 0.3 is 6.09 Å². The molecule has 0 saturated carbocycles. The minimum atomic E-state index is -0.503. The SMILES string of the molecule is COC(=O)Nc1cccc(C)c1C(N)c1ccccc1. The van der Waals surface area contributed by atoms with Crippen molar-refractivity contribution < 1.29 is 9.53 Å². The summed E-state index contributed by atoms with van der Waals surface area (Å²) in [5, 5.41) is 2.71. The summed E-state index contributed by atoms with van der Waals surface area (Å²) in [4.78, 5) is 11.4. The number of anilines is 1. The van der Waals surface area contributed by atoms with Gasteiger partial charge in [-0.25, -0.2) is 4.79 Å². The van der Waals surface area contributed by atoms with Gasteiger partial charge < -0.3 is 10.5 Å². The molecule has 4 nitrogen and oxygen atoms in total. The molecule has 1 amide bonds. The van der Waals surface area contributed by atoms with E-state index in [0.717, 1.165) is 16.7 Å². The van der Waals surface area contributed by atoms with Crippen LogP contribution >= 0.6 is 0 Å². The monoisotopic (exact) mass is 270 g/mol. The number of hydrogen-bond acceptors (Lipinski definition) is 3. The lowest BCUT2D eigenvalue weighted by molar-refractivity contribution is 0.187. The Morgan fingerprint density at radius 2 is 1.85 bits per heavy atom. The highest BCUT2D eigenvalue weighted by Crippen LogP contribution is 2.29. The third-order valence-corrected chi connectivity index (χ3v) is 3.22.